The second-order valence-electron chi connectivity index (χ2n) is 13.6. The van der Waals surface area contributed by atoms with Crippen LogP contribution in [0.5, 0.6) is 0 Å². The minimum Gasteiger partial charge on any atom is -0.319 e. The van der Waals surface area contributed by atoms with Gasteiger partial charge >= 0.3 is 0 Å². The Balaban J connectivity index is 1.13. The molecule has 0 amide bonds. The quantitative estimate of drug-likeness (QED) is 0.163. The van der Waals surface area contributed by atoms with Crippen molar-refractivity contribution in [1.82, 2.24) is 0 Å². The summed E-state index contributed by atoms with van der Waals surface area (Å²) in [4.78, 5) is 0. The summed E-state index contributed by atoms with van der Waals surface area (Å²) in [6.07, 6.45) is 0. The van der Waals surface area contributed by atoms with E-state index in [1.54, 1.807) is 0 Å². The molecule has 0 heterocycles. The molecule has 0 aliphatic heterocycles. The predicted octanol–water partition coefficient (Wildman–Crippen LogP) is 13.1. The van der Waals surface area contributed by atoms with E-state index in [-0.39, 0.29) is 0 Å². The van der Waals surface area contributed by atoms with Gasteiger partial charge in [-0.3, -0.25) is 0 Å². The first-order chi connectivity index (χ1) is 24.4. The zero-order valence-electron chi connectivity index (χ0n) is 28.1. The standard InChI is InChI=1S/C48H35OP/c1-50(2,49)39-23-19-33(20-24-39)36-22-26-42-45-28-27-40(43-17-10-18-44(48(43)45)47(42)31-36)37-15-9-16-38(29-37)41-25-21-35(32-11-5-3-6-12-32)30-46(41)34-13-7-4-8-14-34/h3-31H,1-2H3. The van der Waals surface area contributed by atoms with Crippen molar-refractivity contribution < 1.29 is 4.57 Å². The minimum atomic E-state index is -2.29. The van der Waals surface area contributed by atoms with Crippen LogP contribution in [0.3, 0.4) is 0 Å². The Kier molecular flexibility index (Phi) is 7.27. The highest BCUT2D eigenvalue weighted by Gasteiger charge is 2.24. The second kappa shape index (κ2) is 12.0. The molecule has 0 fully saturated rings. The molecule has 0 unspecified atom stereocenters. The lowest BCUT2D eigenvalue weighted by molar-refractivity contribution is 0.588. The van der Waals surface area contributed by atoms with Crippen LogP contribution in [0.25, 0.3) is 88.7 Å². The molecular formula is C48H35OP. The maximum absolute atomic E-state index is 12.6. The summed E-state index contributed by atoms with van der Waals surface area (Å²) in [5, 5.41) is 3.49. The van der Waals surface area contributed by atoms with Crippen molar-refractivity contribution in [1.29, 1.82) is 0 Å². The SMILES string of the molecule is CP(C)(=O)c1ccc(-c2ccc3c(c2)-c2cccc4c(-c5cccc(-c6ccc(-c7ccccc7)cc6-c6ccccc6)c5)ccc-3c24)cc1. The van der Waals surface area contributed by atoms with E-state index in [9.17, 15) is 4.57 Å². The van der Waals surface area contributed by atoms with Crippen molar-refractivity contribution in [2.75, 3.05) is 13.3 Å². The topological polar surface area (TPSA) is 17.1 Å². The van der Waals surface area contributed by atoms with E-state index in [2.05, 4.69) is 164 Å². The molecule has 238 valence electrons. The van der Waals surface area contributed by atoms with E-state index < -0.39 is 7.14 Å². The zero-order chi connectivity index (χ0) is 33.8. The zero-order valence-corrected chi connectivity index (χ0v) is 29.0. The highest BCUT2D eigenvalue weighted by molar-refractivity contribution is 7.70. The average molecular weight is 659 g/mol. The van der Waals surface area contributed by atoms with E-state index in [1.165, 1.54) is 83.1 Å². The van der Waals surface area contributed by atoms with Crippen LogP contribution < -0.4 is 5.30 Å². The highest BCUT2D eigenvalue weighted by atomic mass is 31.2. The van der Waals surface area contributed by atoms with E-state index in [0.717, 1.165) is 10.9 Å². The summed E-state index contributed by atoms with van der Waals surface area (Å²) in [5.41, 5.74) is 17.1. The van der Waals surface area contributed by atoms with Crippen LogP contribution in [0.1, 0.15) is 0 Å². The van der Waals surface area contributed by atoms with Gasteiger partial charge in [-0.1, -0.05) is 158 Å². The summed E-state index contributed by atoms with van der Waals surface area (Å²) in [7, 11) is -2.29. The van der Waals surface area contributed by atoms with Gasteiger partial charge in [-0.05, 0) is 120 Å². The number of rotatable bonds is 6. The van der Waals surface area contributed by atoms with Gasteiger partial charge in [-0.25, -0.2) is 0 Å². The first-order valence-corrected chi connectivity index (χ1v) is 19.7. The molecule has 0 saturated heterocycles. The number of benzene rings is 8. The fourth-order valence-electron chi connectivity index (χ4n) is 7.62. The van der Waals surface area contributed by atoms with Crippen LogP contribution >= 0.6 is 7.14 Å². The van der Waals surface area contributed by atoms with Crippen LogP contribution in [-0.2, 0) is 4.57 Å². The lowest BCUT2D eigenvalue weighted by Gasteiger charge is -2.15. The maximum Gasteiger partial charge on any atom is 0.109 e. The summed E-state index contributed by atoms with van der Waals surface area (Å²) in [5.74, 6) is 0. The molecule has 8 aromatic rings. The lowest BCUT2D eigenvalue weighted by atomic mass is 9.89. The highest BCUT2D eigenvalue weighted by Crippen LogP contribution is 2.50. The Labute approximate surface area is 293 Å². The minimum absolute atomic E-state index is 0.914. The molecule has 1 nitrogen and oxygen atoms in total. The summed E-state index contributed by atoms with van der Waals surface area (Å²) in [6.45, 7) is 3.65. The average Bonchev–Trinajstić information content (AvgIpc) is 3.49. The van der Waals surface area contributed by atoms with Crippen LogP contribution in [0.2, 0.25) is 0 Å². The van der Waals surface area contributed by atoms with Gasteiger partial charge in [0, 0.05) is 5.30 Å². The van der Waals surface area contributed by atoms with Crippen molar-refractivity contribution in [3.05, 3.63) is 176 Å². The third-order valence-electron chi connectivity index (χ3n) is 10.2. The van der Waals surface area contributed by atoms with Crippen LogP contribution in [0.4, 0.5) is 0 Å². The van der Waals surface area contributed by atoms with Crippen molar-refractivity contribution >= 4 is 23.2 Å². The Morgan fingerprint density at radius 2 is 0.820 bits per heavy atom. The molecule has 9 rings (SSSR count). The fraction of sp³-hybridized carbons (Fsp3) is 0.0417. The van der Waals surface area contributed by atoms with Gasteiger partial charge in [-0.2, -0.15) is 0 Å². The Hall–Kier alpha value is -5.75. The molecule has 0 saturated carbocycles. The molecular weight excluding hydrogens is 624 g/mol. The molecule has 1 aliphatic rings. The van der Waals surface area contributed by atoms with Gasteiger partial charge in [-0.15, -0.1) is 0 Å². The fourth-order valence-corrected chi connectivity index (χ4v) is 8.49. The Morgan fingerprint density at radius 1 is 0.320 bits per heavy atom. The maximum atomic E-state index is 12.6. The van der Waals surface area contributed by atoms with Gasteiger partial charge in [0.15, 0.2) is 0 Å². The van der Waals surface area contributed by atoms with Crippen molar-refractivity contribution in [2.45, 2.75) is 0 Å². The largest absolute Gasteiger partial charge is 0.319 e. The van der Waals surface area contributed by atoms with Gasteiger partial charge in [0.05, 0.1) is 0 Å². The Morgan fingerprint density at radius 3 is 1.52 bits per heavy atom. The number of hydrogen-bond acceptors (Lipinski definition) is 1. The molecule has 0 N–H and O–H groups in total. The van der Waals surface area contributed by atoms with E-state index in [4.69, 9.17) is 0 Å². The van der Waals surface area contributed by atoms with Crippen molar-refractivity contribution in [2.24, 2.45) is 0 Å². The summed E-state index contributed by atoms with van der Waals surface area (Å²) >= 11 is 0. The predicted molar refractivity (Wildman–Crippen MR) is 215 cm³/mol. The van der Waals surface area contributed by atoms with Crippen molar-refractivity contribution in [3.63, 3.8) is 0 Å². The van der Waals surface area contributed by atoms with E-state index in [1.807, 2.05) is 25.5 Å². The normalized spacial score (nSPS) is 11.9. The molecule has 0 spiro atoms. The molecule has 50 heavy (non-hydrogen) atoms. The third kappa shape index (κ3) is 5.23. The first-order valence-electron chi connectivity index (χ1n) is 17.1. The van der Waals surface area contributed by atoms with Crippen LogP contribution in [0.15, 0.2) is 176 Å². The van der Waals surface area contributed by atoms with Gasteiger partial charge in [0.2, 0.25) is 0 Å². The van der Waals surface area contributed by atoms with Gasteiger partial charge in [0.25, 0.3) is 0 Å². The van der Waals surface area contributed by atoms with Gasteiger partial charge < -0.3 is 4.57 Å². The molecule has 2 heteroatoms. The Bertz CT molecular complexity index is 2610. The molecule has 0 aromatic heterocycles. The molecule has 0 radical (unpaired) electrons. The molecule has 8 aromatic carbocycles. The van der Waals surface area contributed by atoms with Crippen LogP contribution in [-0.4, -0.2) is 13.3 Å². The van der Waals surface area contributed by atoms with Gasteiger partial charge in [0.1, 0.15) is 7.14 Å². The van der Waals surface area contributed by atoms with Crippen LogP contribution in [0, 0.1) is 0 Å². The second-order valence-corrected chi connectivity index (χ2v) is 16.8. The monoisotopic (exact) mass is 658 g/mol. The molecule has 0 bridgehead atoms. The number of fused-ring (bicyclic) bond motifs is 3. The summed E-state index contributed by atoms with van der Waals surface area (Å²) < 4.78 is 12.6. The molecule has 1 aliphatic carbocycles. The first kappa shape index (κ1) is 30.3. The molecule has 0 atom stereocenters. The smallest absolute Gasteiger partial charge is 0.109 e. The number of hydrogen-bond donors (Lipinski definition) is 0. The lowest BCUT2D eigenvalue weighted by Crippen LogP contribution is -2.01. The van der Waals surface area contributed by atoms with E-state index >= 15 is 0 Å². The van der Waals surface area contributed by atoms with E-state index in [0.29, 0.717) is 0 Å². The summed E-state index contributed by atoms with van der Waals surface area (Å²) in [6, 6.07) is 63.6. The third-order valence-corrected chi connectivity index (χ3v) is 11.7. The van der Waals surface area contributed by atoms with Crippen molar-refractivity contribution in [3.8, 4) is 77.9 Å².